The molecule has 0 aromatic carbocycles. The maximum absolute atomic E-state index is 11.6. The molecule has 0 saturated carbocycles. The summed E-state index contributed by atoms with van der Waals surface area (Å²) in [5, 5.41) is 13.8. The lowest BCUT2D eigenvalue weighted by Crippen LogP contribution is -2.30. The molecule has 0 aliphatic rings. The zero-order valence-corrected chi connectivity index (χ0v) is 10.1. The number of nitrogens with zero attached hydrogens (tertiary/aromatic N) is 2. The number of hydrogen-bond donors (Lipinski definition) is 2. The van der Waals surface area contributed by atoms with Crippen molar-refractivity contribution in [3.05, 3.63) is 29.6 Å². The number of nitrogens with one attached hydrogen (secondary N) is 2. The third-order valence-electron chi connectivity index (χ3n) is 2.14. The lowest BCUT2D eigenvalue weighted by molar-refractivity contribution is -0.120. The Morgan fingerprint density at radius 3 is 2.72 bits per heavy atom. The first-order chi connectivity index (χ1) is 8.67. The maximum atomic E-state index is 11.6. The molecule has 2 N–H and O–H groups in total. The predicted molar refractivity (Wildman–Crippen MR) is 64.6 cm³/mol. The van der Waals surface area contributed by atoms with E-state index in [1.165, 1.54) is 18.3 Å². The molecule has 94 valence electrons. The Kier molecular flexibility index (Phi) is 5.32. The van der Waals surface area contributed by atoms with Crippen molar-refractivity contribution < 1.29 is 9.59 Å². The molecule has 1 heterocycles. The van der Waals surface area contributed by atoms with E-state index < -0.39 is 0 Å². The zero-order chi connectivity index (χ0) is 13.4. The van der Waals surface area contributed by atoms with Crippen LogP contribution in [0.1, 0.15) is 29.4 Å². The molecule has 0 aliphatic carbocycles. The Hall–Kier alpha value is -2.42. The fourth-order valence-electron chi connectivity index (χ4n) is 1.26. The molecule has 0 spiro atoms. The van der Waals surface area contributed by atoms with E-state index in [2.05, 4.69) is 15.6 Å². The summed E-state index contributed by atoms with van der Waals surface area (Å²) in [6.45, 7) is 2.66. The summed E-state index contributed by atoms with van der Waals surface area (Å²) >= 11 is 0. The van der Waals surface area contributed by atoms with Gasteiger partial charge in [0.2, 0.25) is 5.91 Å². The number of nitriles is 1. The number of amides is 2. The standard InChI is InChI=1S/C12H14N4O2/c1-2-14-11(17)5-6-15-12(18)10-4-3-9(7-13)8-16-10/h3-4,8H,2,5-6H2,1H3,(H,14,17)(H,15,18). The summed E-state index contributed by atoms with van der Waals surface area (Å²) in [5.74, 6) is -0.464. The minimum atomic E-state index is -0.358. The average Bonchev–Trinajstić information content (AvgIpc) is 2.39. The van der Waals surface area contributed by atoms with Crippen LogP contribution < -0.4 is 10.6 Å². The Labute approximate surface area is 105 Å². The molecule has 1 aromatic rings. The molecule has 0 radical (unpaired) electrons. The smallest absolute Gasteiger partial charge is 0.269 e. The molecular formula is C12H14N4O2. The van der Waals surface area contributed by atoms with Crippen molar-refractivity contribution >= 4 is 11.8 Å². The highest BCUT2D eigenvalue weighted by Crippen LogP contribution is 1.98. The lowest BCUT2D eigenvalue weighted by Gasteiger charge is -2.04. The van der Waals surface area contributed by atoms with Gasteiger partial charge in [0.05, 0.1) is 5.56 Å². The van der Waals surface area contributed by atoms with Crippen molar-refractivity contribution in [2.75, 3.05) is 13.1 Å². The second-order valence-corrected chi connectivity index (χ2v) is 3.50. The van der Waals surface area contributed by atoms with Gasteiger partial charge in [-0.15, -0.1) is 0 Å². The van der Waals surface area contributed by atoms with E-state index in [0.717, 1.165) is 0 Å². The van der Waals surface area contributed by atoms with Crippen LogP contribution in [0.4, 0.5) is 0 Å². The second-order valence-electron chi connectivity index (χ2n) is 3.50. The normalized spacial score (nSPS) is 9.33. The van der Waals surface area contributed by atoms with Crippen molar-refractivity contribution in [2.45, 2.75) is 13.3 Å². The van der Waals surface area contributed by atoms with E-state index in [1.54, 1.807) is 0 Å². The first kappa shape index (κ1) is 13.6. The first-order valence-electron chi connectivity index (χ1n) is 5.58. The maximum Gasteiger partial charge on any atom is 0.269 e. The quantitative estimate of drug-likeness (QED) is 0.776. The van der Waals surface area contributed by atoms with Crippen LogP contribution in [0.25, 0.3) is 0 Å². The van der Waals surface area contributed by atoms with Gasteiger partial charge in [-0.2, -0.15) is 5.26 Å². The molecule has 0 fully saturated rings. The summed E-state index contributed by atoms with van der Waals surface area (Å²) in [4.78, 5) is 26.6. The van der Waals surface area contributed by atoms with Gasteiger partial charge in [0.25, 0.3) is 5.91 Å². The highest BCUT2D eigenvalue weighted by atomic mass is 16.2. The second kappa shape index (κ2) is 7.01. The van der Waals surface area contributed by atoms with Gasteiger partial charge in [-0.25, -0.2) is 4.98 Å². The minimum absolute atomic E-state index is 0.106. The SMILES string of the molecule is CCNC(=O)CCNC(=O)c1ccc(C#N)cn1. The summed E-state index contributed by atoms with van der Waals surface area (Å²) in [5.41, 5.74) is 0.624. The van der Waals surface area contributed by atoms with Crippen molar-refractivity contribution in [2.24, 2.45) is 0 Å². The highest BCUT2D eigenvalue weighted by molar-refractivity contribution is 5.92. The molecule has 6 nitrogen and oxygen atoms in total. The summed E-state index contributed by atoms with van der Waals surface area (Å²) in [7, 11) is 0. The van der Waals surface area contributed by atoms with Gasteiger partial charge < -0.3 is 10.6 Å². The van der Waals surface area contributed by atoms with Gasteiger partial charge in [0, 0.05) is 25.7 Å². The van der Waals surface area contributed by atoms with E-state index in [4.69, 9.17) is 5.26 Å². The molecular weight excluding hydrogens is 232 g/mol. The van der Waals surface area contributed by atoms with Gasteiger partial charge in [-0.3, -0.25) is 9.59 Å². The number of pyridine rings is 1. The summed E-state index contributed by atoms with van der Waals surface area (Å²) in [6, 6.07) is 4.91. The van der Waals surface area contributed by atoms with Crippen LogP contribution in [0.3, 0.4) is 0 Å². The highest BCUT2D eigenvalue weighted by Gasteiger charge is 2.07. The van der Waals surface area contributed by atoms with Crippen LogP contribution in [0.5, 0.6) is 0 Å². The molecule has 6 heteroatoms. The Balaban J connectivity index is 2.41. The van der Waals surface area contributed by atoms with Gasteiger partial charge in [0.15, 0.2) is 0 Å². The zero-order valence-electron chi connectivity index (χ0n) is 10.1. The van der Waals surface area contributed by atoms with Gasteiger partial charge in [-0.1, -0.05) is 0 Å². The van der Waals surface area contributed by atoms with E-state index >= 15 is 0 Å². The molecule has 0 aliphatic heterocycles. The van der Waals surface area contributed by atoms with Crippen molar-refractivity contribution in [3.63, 3.8) is 0 Å². The minimum Gasteiger partial charge on any atom is -0.356 e. The number of carbonyl (C=O) groups is 2. The third-order valence-corrected chi connectivity index (χ3v) is 2.14. The van der Waals surface area contributed by atoms with Crippen molar-refractivity contribution in [1.82, 2.24) is 15.6 Å². The van der Waals surface area contributed by atoms with Gasteiger partial charge in [0.1, 0.15) is 11.8 Å². The van der Waals surface area contributed by atoms with Crippen LogP contribution in [0.2, 0.25) is 0 Å². The number of hydrogen-bond acceptors (Lipinski definition) is 4. The Morgan fingerprint density at radius 2 is 2.17 bits per heavy atom. The van der Waals surface area contributed by atoms with Gasteiger partial charge in [-0.05, 0) is 19.1 Å². The van der Waals surface area contributed by atoms with Crippen LogP contribution in [0, 0.1) is 11.3 Å². The Bertz CT molecular complexity index is 462. The molecule has 2 amide bonds. The topological polar surface area (TPSA) is 94.9 Å². The van der Waals surface area contributed by atoms with E-state index in [-0.39, 0.29) is 30.5 Å². The third kappa shape index (κ3) is 4.22. The molecule has 1 rings (SSSR count). The van der Waals surface area contributed by atoms with E-state index in [1.807, 2.05) is 13.0 Å². The van der Waals surface area contributed by atoms with Crippen molar-refractivity contribution in [3.8, 4) is 6.07 Å². The number of rotatable bonds is 5. The van der Waals surface area contributed by atoms with Crippen molar-refractivity contribution in [1.29, 1.82) is 5.26 Å². The fourth-order valence-corrected chi connectivity index (χ4v) is 1.26. The molecule has 1 aromatic heterocycles. The average molecular weight is 246 g/mol. The molecule has 0 unspecified atom stereocenters. The molecule has 0 saturated heterocycles. The van der Waals surface area contributed by atoms with Crippen LogP contribution in [-0.4, -0.2) is 29.9 Å². The largest absolute Gasteiger partial charge is 0.356 e. The Morgan fingerprint density at radius 1 is 1.39 bits per heavy atom. The first-order valence-corrected chi connectivity index (χ1v) is 5.58. The lowest BCUT2D eigenvalue weighted by atomic mass is 10.2. The fraction of sp³-hybridized carbons (Fsp3) is 0.333. The van der Waals surface area contributed by atoms with E-state index in [9.17, 15) is 9.59 Å². The van der Waals surface area contributed by atoms with Gasteiger partial charge >= 0.3 is 0 Å². The van der Waals surface area contributed by atoms with Crippen LogP contribution >= 0.6 is 0 Å². The molecule has 0 bridgehead atoms. The number of carbonyl (C=O) groups excluding carboxylic acids is 2. The summed E-state index contributed by atoms with van der Waals surface area (Å²) < 4.78 is 0. The molecule has 0 atom stereocenters. The summed E-state index contributed by atoms with van der Waals surface area (Å²) in [6.07, 6.45) is 1.56. The monoisotopic (exact) mass is 246 g/mol. The van der Waals surface area contributed by atoms with Crippen LogP contribution in [0.15, 0.2) is 18.3 Å². The number of aromatic nitrogens is 1. The predicted octanol–water partition coefficient (Wildman–Crippen LogP) is 0.209. The van der Waals surface area contributed by atoms with Crippen LogP contribution in [-0.2, 0) is 4.79 Å². The van der Waals surface area contributed by atoms with E-state index in [0.29, 0.717) is 12.1 Å². The molecule has 18 heavy (non-hydrogen) atoms.